The number of carbonyl (C=O) groups excluding carboxylic acids is 2. The Kier molecular flexibility index (Phi) is 3.36. The Bertz CT molecular complexity index is 700. The Morgan fingerprint density at radius 1 is 0.905 bits per heavy atom. The zero-order valence-electron chi connectivity index (χ0n) is 11.1. The molecule has 2 aromatic rings. The van der Waals surface area contributed by atoms with Crippen molar-refractivity contribution >= 4 is 17.9 Å². The Balaban J connectivity index is 1.74. The lowest BCUT2D eigenvalue weighted by Crippen LogP contribution is -2.29. The van der Waals surface area contributed by atoms with Crippen LogP contribution in [0.2, 0.25) is 0 Å². The molecule has 0 fully saturated rings. The number of hydrogen-bond donors (Lipinski definition) is 0. The maximum absolute atomic E-state index is 12.8. The Hall–Kier alpha value is -2.75. The number of carbonyl (C=O) groups is 2. The summed E-state index contributed by atoms with van der Waals surface area (Å²) in [5.41, 5.74) is 1.70. The first-order valence-corrected chi connectivity index (χ1v) is 6.54. The SMILES string of the molecule is O=C1c2ccccc2C(=O)N1CC=Cc1ccc(F)cc1. The molecule has 1 heterocycles. The topological polar surface area (TPSA) is 37.4 Å². The van der Waals surface area contributed by atoms with Crippen LogP contribution in [0.3, 0.4) is 0 Å². The van der Waals surface area contributed by atoms with E-state index < -0.39 is 0 Å². The minimum Gasteiger partial charge on any atom is -0.270 e. The molecule has 0 bridgehead atoms. The summed E-state index contributed by atoms with van der Waals surface area (Å²) in [5, 5.41) is 0. The van der Waals surface area contributed by atoms with Crippen molar-refractivity contribution in [2.45, 2.75) is 0 Å². The van der Waals surface area contributed by atoms with Gasteiger partial charge in [-0.05, 0) is 29.8 Å². The van der Waals surface area contributed by atoms with Crippen molar-refractivity contribution in [2.24, 2.45) is 0 Å². The standard InChI is InChI=1S/C17H12FNO2/c18-13-9-7-12(8-10-13)4-3-11-19-16(20)14-5-1-2-6-15(14)17(19)21/h1-10H,11H2. The first-order valence-electron chi connectivity index (χ1n) is 6.54. The monoisotopic (exact) mass is 281 g/mol. The summed E-state index contributed by atoms with van der Waals surface area (Å²) in [5.74, 6) is -0.855. The molecule has 0 N–H and O–H groups in total. The van der Waals surface area contributed by atoms with E-state index in [0.717, 1.165) is 5.56 Å². The second-order valence-electron chi connectivity index (χ2n) is 4.72. The largest absolute Gasteiger partial charge is 0.270 e. The molecule has 0 aliphatic carbocycles. The number of nitrogens with zero attached hydrogens (tertiary/aromatic N) is 1. The fourth-order valence-electron chi connectivity index (χ4n) is 2.27. The van der Waals surface area contributed by atoms with Crippen molar-refractivity contribution in [3.63, 3.8) is 0 Å². The maximum atomic E-state index is 12.8. The van der Waals surface area contributed by atoms with Gasteiger partial charge in [-0.15, -0.1) is 0 Å². The lowest BCUT2D eigenvalue weighted by atomic mass is 10.1. The summed E-state index contributed by atoms with van der Waals surface area (Å²) < 4.78 is 12.8. The number of rotatable bonds is 3. The Labute approximate surface area is 121 Å². The second kappa shape index (κ2) is 5.32. The van der Waals surface area contributed by atoms with Crippen molar-refractivity contribution in [3.8, 4) is 0 Å². The number of halogens is 1. The third-order valence-electron chi connectivity index (χ3n) is 3.35. The van der Waals surface area contributed by atoms with Crippen LogP contribution in [0.5, 0.6) is 0 Å². The molecular formula is C17H12FNO2. The summed E-state index contributed by atoms with van der Waals surface area (Å²) in [4.78, 5) is 25.4. The molecule has 0 spiro atoms. The molecule has 1 aliphatic rings. The molecule has 3 rings (SSSR count). The number of imide groups is 1. The summed E-state index contributed by atoms with van der Waals surface area (Å²) in [6.45, 7) is 0.198. The van der Waals surface area contributed by atoms with Gasteiger partial charge in [-0.25, -0.2) is 4.39 Å². The highest BCUT2D eigenvalue weighted by Crippen LogP contribution is 2.22. The van der Waals surface area contributed by atoms with Crippen LogP contribution in [0, 0.1) is 5.82 Å². The van der Waals surface area contributed by atoms with E-state index in [9.17, 15) is 14.0 Å². The highest BCUT2D eigenvalue weighted by molar-refractivity contribution is 6.21. The third-order valence-corrected chi connectivity index (χ3v) is 3.35. The predicted octanol–water partition coefficient (Wildman–Crippen LogP) is 3.14. The Morgan fingerprint density at radius 2 is 1.48 bits per heavy atom. The summed E-state index contributed by atoms with van der Waals surface area (Å²) in [7, 11) is 0. The highest BCUT2D eigenvalue weighted by Gasteiger charge is 2.33. The predicted molar refractivity (Wildman–Crippen MR) is 77.2 cm³/mol. The molecule has 2 amide bonds. The fraction of sp³-hybridized carbons (Fsp3) is 0.0588. The number of fused-ring (bicyclic) bond motifs is 1. The van der Waals surface area contributed by atoms with Crippen molar-refractivity contribution in [1.82, 2.24) is 4.90 Å². The summed E-state index contributed by atoms with van der Waals surface area (Å²) in [6, 6.07) is 12.8. The lowest BCUT2D eigenvalue weighted by molar-refractivity contribution is 0.0672. The van der Waals surface area contributed by atoms with Crippen LogP contribution in [-0.4, -0.2) is 23.3 Å². The molecule has 2 aromatic carbocycles. The average Bonchev–Trinajstić information content (AvgIpc) is 2.75. The molecule has 0 aromatic heterocycles. The molecule has 0 saturated heterocycles. The first kappa shape index (κ1) is 13.2. The van der Waals surface area contributed by atoms with Crippen LogP contribution in [0.25, 0.3) is 6.08 Å². The summed E-state index contributed by atoms with van der Waals surface area (Å²) >= 11 is 0. The zero-order valence-corrected chi connectivity index (χ0v) is 11.1. The van der Waals surface area contributed by atoms with E-state index in [1.54, 1.807) is 48.6 Å². The van der Waals surface area contributed by atoms with Gasteiger partial charge < -0.3 is 0 Å². The van der Waals surface area contributed by atoms with Crippen LogP contribution in [-0.2, 0) is 0 Å². The number of benzene rings is 2. The molecule has 21 heavy (non-hydrogen) atoms. The molecular weight excluding hydrogens is 269 g/mol. The first-order chi connectivity index (χ1) is 10.2. The molecule has 3 nitrogen and oxygen atoms in total. The van der Waals surface area contributed by atoms with E-state index in [1.165, 1.54) is 17.0 Å². The van der Waals surface area contributed by atoms with Crippen LogP contribution < -0.4 is 0 Å². The van der Waals surface area contributed by atoms with Crippen LogP contribution in [0.4, 0.5) is 4.39 Å². The molecule has 0 saturated carbocycles. The van der Waals surface area contributed by atoms with Gasteiger partial charge in [0.15, 0.2) is 0 Å². The van der Waals surface area contributed by atoms with E-state index in [-0.39, 0.29) is 24.2 Å². The van der Waals surface area contributed by atoms with Crippen LogP contribution >= 0.6 is 0 Å². The molecule has 0 unspecified atom stereocenters. The van der Waals surface area contributed by atoms with Gasteiger partial charge in [0.05, 0.1) is 11.1 Å². The quantitative estimate of drug-likeness (QED) is 0.810. The fourth-order valence-corrected chi connectivity index (χ4v) is 2.27. The minimum absolute atomic E-state index is 0.198. The van der Waals surface area contributed by atoms with Crippen molar-refractivity contribution in [2.75, 3.05) is 6.54 Å². The molecule has 4 heteroatoms. The number of hydrogen-bond acceptors (Lipinski definition) is 2. The maximum Gasteiger partial charge on any atom is 0.261 e. The van der Waals surface area contributed by atoms with Gasteiger partial charge in [0, 0.05) is 6.54 Å². The van der Waals surface area contributed by atoms with Crippen molar-refractivity contribution < 1.29 is 14.0 Å². The van der Waals surface area contributed by atoms with Crippen molar-refractivity contribution in [1.29, 1.82) is 0 Å². The van der Waals surface area contributed by atoms with Gasteiger partial charge in [0.2, 0.25) is 0 Å². The van der Waals surface area contributed by atoms with E-state index in [0.29, 0.717) is 11.1 Å². The zero-order chi connectivity index (χ0) is 14.8. The molecule has 0 radical (unpaired) electrons. The normalized spacial score (nSPS) is 14.0. The molecule has 0 atom stereocenters. The van der Waals surface area contributed by atoms with Gasteiger partial charge in [0.25, 0.3) is 11.8 Å². The highest BCUT2D eigenvalue weighted by atomic mass is 19.1. The molecule has 1 aliphatic heterocycles. The van der Waals surface area contributed by atoms with Crippen LogP contribution in [0.1, 0.15) is 26.3 Å². The lowest BCUT2D eigenvalue weighted by Gasteiger charge is -2.10. The van der Waals surface area contributed by atoms with Gasteiger partial charge >= 0.3 is 0 Å². The summed E-state index contributed by atoms with van der Waals surface area (Å²) in [6.07, 6.45) is 3.47. The Morgan fingerprint density at radius 3 is 2.05 bits per heavy atom. The number of amides is 2. The average molecular weight is 281 g/mol. The van der Waals surface area contributed by atoms with E-state index in [2.05, 4.69) is 0 Å². The van der Waals surface area contributed by atoms with Gasteiger partial charge in [-0.1, -0.05) is 36.4 Å². The second-order valence-corrected chi connectivity index (χ2v) is 4.72. The van der Waals surface area contributed by atoms with Gasteiger partial charge in [-0.2, -0.15) is 0 Å². The van der Waals surface area contributed by atoms with Crippen LogP contribution in [0.15, 0.2) is 54.6 Å². The third kappa shape index (κ3) is 2.48. The minimum atomic E-state index is -0.299. The molecule has 104 valence electrons. The smallest absolute Gasteiger partial charge is 0.261 e. The van der Waals surface area contributed by atoms with Crippen molar-refractivity contribution in [3.05, 3.63) is 77.1 Å². The van der Waals surface area contributed by atoms with E-state index >= 15 is 0 Å². The van der Waals surface area contributed by atoms with Gasteiger partial charge in [-0.3, -0.25) is 14.5 Å². The van der Waals surface area contributed by atoms with E-state index in [1.807, 2.05) is 0 Å². The van der Waals surface area contributed by atoms with Gasteiger partial charge in [0.1, 0.15) is 5.82 Å². The van der Waals surface area contributed by atoms with E-state index in [4.69, 9.17) is 0 Å².